The molecule has 0 atom stereocenters. The Hall–Kier alpha value is -0.870. The molecule has 19 heavy (non-hydrogen) atoms. The molecule has 104 valence electrons. The van der Waals surface area contributed by atoms with Crippen molar-refractivity contribution in [2.45, 2.75) is 44.9 Å². The fourth-order valence-corrected chi connectivity index (χ4v) is 2.87. The van der Waals surface area contributed by atoms with Crippen LogP contribution in [0.25, 0.3) is 0 Å². The molecular formula is C13H17Cl2N3O. The first kappa shape index (κ1) is 14.5. The summed E-state index contributed by atoms with van der Waals surface area (Å²) in [5.74, 6) is 0.599. The Balaban J connectivity index is 1.83. The van der Waals surface area contributed by atoms with E-state index in [0.29, 0.717) is 18.0 Å². The summed E-state index contributed by atoms with van der Waals surface area (Å²) in [5, 5.41) is 3.03. The molecule has 4 nitrogen and oxygen atoms in total. The third-order valence-corrected chi connectivity index (χ3v) is 4.10. The normalized spacial score (nSPS) is 16.3. The Bertz CT molecular complexity index is 427. The molecule has 0 aromatic carbocycles. The second-order valence-electron chi connectivity index (χ2n) is 4.92. The van der Waals surface area contributed by atoms with Gasteiger partial charge in [0, 0.05) is 6.42 Å². The zero-order valence-electron chi connectivity index (χ0n) is 10.7. The van der Waals surface area contributed by atoms with Crippen molar-refractivity contribution in [2.24, 2.45) is 5.92 Å². The van der Waals surface area contributed by atoms with E-state index in [4.69, 9.17) is 23.2 Å². The molecule has 1 amide bonds. The van der Waals surface area contributed by atoms with Gasteiger partial charge >= 0.3 is 0 Å². The SMILES string of the molecule is O=C(CCC1CCCCC1)Nc1c(Cl)ncnc1Cl. The second kappa shape index (κ2) is 7.06. The molecule has 0 bridgehead atoms. The van der Waals surface area contributed by atoms with Crippen molar-refractivity contribution in [2.75, 3.05) is 5.32 Å². The zero-order chi connectivity index (χ0) is 13.7. The van der Waals surface area contributed by atoms with E-state index < -0.39 is 0 Å². The largest absolute Gasteiger partial charge is 0.321 e. The number of anilines is 1. The van der Waals surface area contributed by atoms with Gasteiger partial charge in [-0.25, -0.2) is 9.97 Å². The Morgan fingerprint density at radius 3 is 2.47 bits per heavy atom. The predicted molar refractivity (Wildman–Crippen MR) is 76.5 cm³/mol. The monoisotopic (exact) mass is 301 g/mol. The number of aromatic nitrogens is 2. The van der Waals surface area contributed by atoms with E-state index >= 15 is 0 Å². The number of carbonyl (C=O) groups is 1. The van der Waals surface area contributed by atoms with Gasteiger partial charge in [0.25, 0.3) is 0 Å². The van der Waals surface area contributed by atoms with Crippen LogP contribution >= 0.6 is 23.2 Å². The van der Waals surface area contributed by atoms with E-state index in [9.17, 15) is 4.79 Å². The van der Waals surface area contributed by atoms with Crippen LogP contribution in [0.15, 0.2) is 6.33 Å². The Morgan fingerprint density at radius 2 is 1.84 bits per heavy atom. The third-order valence-electron chi connectivity index (χ3n) is 3.52. The molecule has 1 saturated carbocycles. The number of rotatable bonds is 4. The van der Waals surface area contributed by atoms with Crippen molar-refractivity contribution >= 4 is 34.8 Å². The van der Waals surface area contributed by atoms with Gasteiger partial charge in [0.1, 0.15) is 12.0 Å². The lowest BCUT2D eigenvalue weighted by atomic mass is 9.86. The van der Waals surface area contributed by atoms with Crippen molar-refractivity contribution in [1.82, 2.24) is 9.97 Å². The van der Waals surface area contributed by atoms with Crippen LogP contribution in [0.5, 0.6) is 0 Å². The topological polar surface area (TPSA) is 54.9 Å². The molecule has 2 rings (SSSR count). The maximum absolute atomic E-state index is 11.9. The van der Waals surface area contributed by atoms with E-state index in [1.165, 1.54) is 38.4 Å². The summed E-state index contributed by atoms with van der Waals surface area (Å²) in [4.78, 5) is 19.5. The van der Waals surface area contributed by atoms with Gasteiger partial charge in [-0.1, -0.05) is 55.3 Å². The quantitative estimate of drug-likeness (QED) is 0.853. The number of nitrogens with zero attached hydrogens (tertiary/aromatic N) is 2. The highest BCUT2D eigenvalue weighted by molar-refractivity contribution is 6.38. The van der Waals surface area contributed by atoms with Gasteiger partial charge in [-0.05, 0) is 12.3 Å². The summed E-state index contributed by atoms with van der Waals surface area (Å²) in [6.07, 6.45) is 9.07. The maximum Gasteiger partial charge on any atom is 0.224 e. The number of carbonyl (C=O) groups excluding carboxylic acids is 1. The van der Waals surface area contributed by atoms with Crippen LogP contribution in [0.2, 0.25) is 10.3 Å². The van der Waals surface area contributed by atoms with Crippen molar-refractivity contribution in [3.05, 3.63) is 16.6 Å². The molecule has 1 aromatic rings. The first-order valence-electron chi connectivity index (χ1n) is 6.62. The minimum absolute atomic E-state index is 0.0795. The molecule has 0 aliphatic heterocycles. The average molecular weight is 302 g/mol. The van der Waals surface area contributed by atoms with E-state index in [1.54, 1.807) is 0 Å². The number of hydrogen-bond acceptors (Lipinski definition) is 3. The van der Waals surface area contributed by atoms with E-state index in [0.717, 1.165) is 6.42 Å². The summed E-state index contributed by atoms with van der Waals surface area (Å²) in [6.45, 7) is 0. The van der Waals surface area contributed by atoms with Crippen LogP contribution in [0.4, 0.5) is 5.69 Å². The summed E-state index contributed by atoms with van der Waals surface area (Å²) in [7, 11) is 0. The third kappa shape index (κ3) is 4.32. The molecule has 6 heteroatoms. The van der Waals surface area contributed by atoms with Gasteiger partial charge < -0.3 is 5.32 Å². The van der Waals surface area contributed by atoms with Crippen LogP contribution in [0.3, 0.4) is 0 Å². The molecule has 0 spiro atoms. The van der Waals surface area contributed by atoms with Gasteiger partial charge in [0.2, 0.25) is 5.91 Å². The van der Waals surface area contributed by atoms with Crippen molar-refractivity contribution < 1.29 is 4.79 Å². The Labute approximate surface area is 122 Å². The van der Waals surface area contributed by atoms with Gasteiger partial charge in [-0.2, -0.15) is 0 Å². The molecule has 0 unspecified atom stereocenters. The Kier molecular flexibility index (Phi) is 5.40. The lowest BCUT2D eigenvalue weighted by molar-refractivity contribution is -0.116. The lowest BCUT2D eigenvalue weighted by Gasteiger charge is -2.21. The van der Waals surface area contributed by atoms with Crippen LogP contribution in [-0.2, 0) is 4.79 Å². The molecule has 0 radical (unpaired) electrons. The smallest absolute Gasteiger partial charge is 0.224 e. The zero-order valence-corrected chi connectivity index (χ0v) is 12.2. The van der Waals surface area contributed by atoms with Crippen LogP contribution in [-0.4, -0.2) is 15.9 Å². The molecule has 1 aliphatic rings. The number of amides is 1. The number of nitrogens with one attached hydrogen (secondary N) is 1. The maximum atomic E-state index is 11.9. The minimum atomic E-state index is -0.0795. The van der Waals surface area contributed by atoms with Gasteiger partial charge in [0.05, 0.1) is 0 Å². The highest BCUT2D eigenvalue weighted by atomic mass is 35.5. The van der Waals surface area contributed by atoms with Crippen LogP contribution in [0.1, 0.15) is 44.9 Å². The lowest BCUT2D eigenvalue weighted by Crippen LogP contribution is -2.15. The molecule has 1 fully saturated rings. The summed E-state index contributed by atoms with van der Waals surface area (Å²) < 4.78 is 0. The van der Waals surface area contributed by atoms with Crippen molar-refractivity contribution in [3.8, 4) is 0 Å². The fraction of sp³-hybridized carbons (Fsp3) is 0.615. The minimum Gasteiger partial charge on any atom is -0.321 e. The summed E-state index contributed by atoms with van der Waals surface area (Å²) in [5.41, 5.74) is 0.305. The molecule has 0 saturated heterocycles. The van der Waals surface area contributed by atoms with Crippen molar-refractivity contribution in [1.29, 1.82) is 0 Å². The van der Waals surface area contributed by atoms with E-state index in [1.807, 2.05) is 0 Å². The van der Waals surface area contributed by atoms with Crippen LogP contribution in [0, 0.1) is 5.92 Å². The first-order chi connectivity index (χ1) is 9.16. The summed E-state index contributed by atoms with van der Waals surface area (Å²) >= 11 is 11.7. The predicted octanol–water partition coefficient (Wildman–Crippen LogP) is 4.08. The second-order valence-corrected chi connectivity index (χ2v) is 5.64. The number of hydrogen-bond donors (Lipinski definition) is 1. The standard InChI is InChI=1S/C13H17Cl2N3O/c14-12-11(13(15)17-8-16-12)18-10(19)7-6-9-4-2-1-3-5-9/h8-9H,1-7H2,(H,18,19). The van der Waals surface area contributed by atoms with Crippen molar-refractivity contribution in [3.63, 3.8) is 0 Å². The molecule has 1 N–H and O–H groups in total. The van der Waals surface area contributed by atoms with Crippen LogP contribution < -0.4 is 5.32 Å². The van der Waals surface area contributed by atoms with Gasteiger partial charge in [-0.15, -0.1) is 0 Å². The van der Waals surface area contributed by atoms with E-state index in [2.05, 4.69) is 15.3 Å². The highest BCUT2D eigenvalue weighted by Crippen LogP contribution is 2.29. The number of halogens is 2. The highest BCUT2D eigenvalue weighted by Gasteiger charge is 2.16. The van der Waals surface area contributed by atoms with Gasteiger partial charge in [0.15, 0.2) is 10.3 Å². The van der Waals surface area contributed by atoms with E-state index in [-0.39, 0.29) is 16.2 Å². The molecular weight excluding hydrogens is 285 g/mol. The fourth-order valence-electron chi connectivity index (χ4n) is 2.46. The van der Waals surface area contributed by atoms with Gasteiger partial charge in [-0.3, -0.25) is 4.79 Å². The molecule has 1 aromatic heterocycles. The summed E-state index contributed by atoms with van der Waals surface area (Å²) in [6, 6.07) is 0. The average Bonchev–Trinajstić information content (AvgIpc) is 2.42. The molecule has 1 aliphatic carbocycles. The first-order valence-corrected chi connectivity index (χ1v) is 7.38. The Morgan fingerprint density at radius 1 is 1.21 bits per heavy atom. The molecule has 1 heterocycles.